The Morgan fingerprint density at radius 2 is 2.06 bits per heavy atom. The molecule has 2 aromatic rings. The number of aliphatic carboxylic acids is 1. The highest BCUT2D eigenvalue weighted by Crippen LogP contribution is 2.15. The van der Waals surface area contributed by atoms with Crippen LogP contribution in [0.1, 0.15) is 11.3 Å². The monoisotopic (exact) mass is 353 g/mol. The maximum atomic E-state index is 10.6. The third-order valence-corrected chi connectivity index (χ3v) is 3.08. The summed E-state index contributed by atoms with van der Waals surface area (Å²) in [5.41, 5.74) is 2.08. The van der Waals surface area contributed by atoms with Crippen LogP contribution in [0.4, 0.5) is 0 Å². The topological polar surface area (TPSA) is 42.2 Å². The number of hydrogen-bond donors (Lipinski definition) is 1. The minimum absolute atomic E-state index is 0.739. The van der Waals surface area contributed by atoms with Gasteiger partial charge in [-0.2, -0.15) is 0 Å². The fourth-order valence-corrected chi connectivity index (χ4v) is 2.36. The number of rotatable bonds is 4. The van der Waals surface area contributed by atoms with Crippen molar-refractivity contribution in [3.63, 3.8) is 0 Å². The van der Waals surface area contributed by atoms with E-state index in [1.54, 1.807) is 6.08 Å². The van der Waals surface area contributed by atoms with Crippen molar-refractivity contribution < 1.29 is 9.90 Å². The van der Waals surface area contributed by atoms with Gasteiger partial charge in [0.25, 0.3) is 0 Å². The van der Waals surface area contributed by atoms with Crippen LogP contribution in [0.5, 0.6) is 0 Å². The number of benzene rings is 1. The van der Waals surface area contributed by atoms with Crippen LogP contribution in [-0.4, -0.2) is 15.6 Å². The molecular formula is C14H12INO2. The van der Waals surface area contributed by atoms with Crippen molar-refractivity contribution in [3.8, 4) is 0 Å². The molecule has 2 rings (SSSR count). The number of carboxylic acid groups (broad SMARTS) is 1. The molecule has 0 bridgehead atoms. The number of carboxylic acids is 1. The van der Waals surface area contributed by atoms with Gasteiger partial charge in [-0.1, -0.05) is 30.3 Å². The van der Waals surface area contributed by atoms with Crippen LogP contribution < -0.4 is 0 Å². The van der Waals surface area contributed by atoms with E-state index in [1.807, 2.05) is 35.0 Å². The largest absolute Gasteiger partial charge is 0.478 e. The van der Waals surface area contributed by atoms with Crippen molar-refractivity contribution in [1.29, 1.82) is 0 Å². The zero-order valence-corrected chi connectivity index (χ0v) is 11.7. The highest BCUT2D eigenvalue weighted by atomic mass is 127. The van der Waals surface area contributed by atoms with Gasteiger partial charge in [0.1, 0.15) is 0 Å². The van der Waals surface area contributed by atoms with E-state index in [4.69, 9.17) is 5.11 Å². The van der Waals surface area contributed by atoms with Crippen LogP contribution in [0.25, 0.3) is 6.08 Å². The molecule has 18 heavy (non-hydrogen) atoms. The first-order valence-corrected chi connectivity index (χ1v) is 6.53. The fraction of sp³-hybridized carbons (Fsp3) is 0.0714. The van der Waals surface area contributed by atoms with Gasteiger partial charge in [-0.05, 0) is 40.3 Å². The zero-order valence-electron chi connectivity index (χ0n) is 9.58. The zero-order chi connectivity index (χ0) is 13.0. The molecule has 1 N–H and O–H groups in total. The first-order valence-electron chi connectivity index (χ1n) is 5.46. The first kappa shape index (κ1) is 12.9. The van der Waals surface area contributed by atoms with Crippen LogP contribution in [0.2, 0.25) is 0 Å². The van der Waals surface area contributed by atoms with E-state index >= 15 is 0 Å². The average molecular weight is 353 g/mol. The summed E-state index contributed by atoms with van der Waals surface area (Å²) in [5, 5.41) is 8.66. The molecule has 1 heterocycles. The second-order valence-corrected chi connectivity index (χ2v) is 5.11. The number of halogens is 1. The number of aromatic nitrogens is 1. The molecule has 0 amide bonds. The summed E-state index contributed by atoms with van der Waals surface area (Å²) in [5.74, 6) is -0.933. The van der Waals surface area contributed by atoms with Crippen molar-refractivity contribution in [2.75, 3.05) is 0 Å². The lowest BCUT2D eigenvalue weighted by Crippen LogP contribution is -2.00. The summed E-state index contributed by atoms with van der Waals surface area (Å²) in [6.07, 6.45) is 4.79. The molecule has 4 heteroatoms. The third kappa shape index (κ3) is 3.46. The van der Waals surface area contributed by atoms with Crippen LogP contribution >= 0.6 is 22.6 Å². The van der Waals surface area contributed by atoms with E-state index in [0.717, 1.165) is 21.9 Å². The van der Waals surface area contributed by atoms with Gasteiger partial charge in [0.2, 0.25) is 0 Å². The molecule has 92 valence electrons. The minimum atomic E-state index is -0.933. The smallest absolute Gasteiger partial charge is 0.328 e. The Bertz CT molecular complexity index is 573. The lowest BCUT2D eigenvalue weighted by molar-refractivity contribution is -0.131. The second kappa shape index (κ2) is 5.86. The molecule has 0 atom stereocenters. The van der Waals surface area contributed by atoms with E-state index in [1.165, 1.54) is 5.56 Å². The fourth-order valence-electron chi connectivity index (χ4n) is 1.70. The van der Waals surface area contributed by atoms with E-state index in [0.29, 0.717) is 0 Å². The molecule has 0 aliphatic rings. The molecule has 0 aliphatic carbocycles. The van der Waals surface area contributed by atoms with Gasteiger partial charge in [-0.15, -0.1) is 0 Å². The molecule has 0 unspecified atom stereocenters. The number of carbonyl (C=O) groups is 1. The molecule has 1 aromatic carbocycles. The normalized spacial score (nSPS) is 10.9. The summed E-state index contributed by atoms with van der Waals surface area (Å²) < 4.78 is 3.13. The Labute approximate surface area is 119 Å². The lowest BCUT2D eigenvalue weighted by atomic mass is 10.2. The molecule has 0 spiro atoms. The van der Waals surface area contributed by atoms with Crippen LogP contribution in [0, 0.1) is 3.57 Å². The summed E-state index contributed by atoms with van der Waals surface area (Å²) in [6, 6.07) is 12.0. The van der Waals surface area contributed by atoms with E-state index in [2.05, 4.69) is 34.7 Å². The SMILES string of the molecule is O=C(O)/C=C/c1cc(I)cn1Cc1ccccc1. The van der Waals surface area contributed by atoms with Crippen LogP contribution in [0.3, 0.4) is 0 Å². The van der Waals surface area contributed by atoms with E-state index < -0.39 is 5.97 Å². The lowest BCUT2D eigenvalue weighted by Gasteiger charge is -2.06. The quantitative estimate of drug-likeness (QED) is 0.677. The van der Waals surface area contributed by atoms with E-state index in [-0.39, 0.29) is 0 Å². The highest BCUT2D eigenvalue weighted by Gasteiger charge is 2.03. The van der Waals surface area contributed by atoms with Gasteiger partial charge in [0.05, 0.1) is 0 Å². The van der Waals surface area contributed by atoms with Gasteiger partial charge in [-0.25, -0.2) is 4.79 Å². The van der Waals surface area contributed by atoms with Gasteiger partial charge < -0.3 is 9.67 Å². The summed E-state index contributed by atoms with van der Waals surface area (Å²) >= 11 is 2.22. The standard InChI is InChI=1S/C14H12INO2/c15-12-8-13(6-7-14(17)18)16(10-12)9-11-4-2-1-3-5-11/h1-8,10H,9H2,(H,17,18)/b7-6+. The molecule has 0 radical (unpaired) electrons. The van der Waals surface area contributed by atoms with Crippen molar-refractivity contribution >= 4 is 34.6 Å². The third-order valence-electron chi connectivity index (χ3n) is 2.49. The van der Waals surface area contributed by atoms with Gasteiger partial charge >= 0.3 is 5.97 Å². The van der Waals surface area contributed by atoms with Crippen molar-refractivity contribution in [1.82, 2.24) is 4.57 Å². The molecular weight excluding hydrogens is 341 g/mol. The van der Waals surface area contributed by atoms with Crippen molar-refractivity contribution in [2.24, 2.45) is 0 Å². The molecule has 3 nitrogen and oxygen atoms in total. The van der Waals surface area contributed by atoms with Crippen molar-refractivity contribution in [3.05, 3.63) is 63.5 Å². The van der Waals surface area contributed by atoms with Gasteiger partial charge in [0.15, 0.2) is 0 Å². The number of nitrogens with zero attached hydrogens (tertiary/aromatic N) is 1. The maximum absolute atomic E-state index is 10.6. The van der Waals surface area contributed by atoms with Crippen molar-refractivity contribution in [2.45, 2.75) is 6.54 Å². The summed E-state index contributed by atoms with van der Waals surface area (Å²) in [6.45, 7) is 0.739. The Morgan fingerprint density at radius 3 is 2.72 bits per heavy atom. The predicted molar refractivity (Wildman–Crippen MR) is 79.4 cm³/mol. The molecule has 0 saturated carbocycles. The minimum Gasteiger partial charge on any atom is -0.478 e. The number of hydrogen-bond acceptors (Lipinski definition) is 1. The Hall–Kier alpha value is -1.56. The van der Waals surface area contributed by atoms with Crippen LogP contribution in [-0.2, 0) is 11.3 Å². The Balaban J connectivity index is 2.25. The Morgan fingerprint density at radius 1 is 1.33 bits per heavy atom. The highest BCUT2D eigenvalue weighted by molar-refractivity contribution is 14.1. The molecule has 0 aliphatic heterocycles. The molecule has 1 aromatic heterocycles. The second-order valence-electron chi connectivity index (χ2n) is 3.87. The van der Waals surface area contributed by atoms with Crippen LogP contribution in [0.15, 0.2) is 48.7 Å². The van der Waals surface area contributed by atoms with Gasteiger partial charge in [-0.3, -0.25) is 0 Å². The summed E-state index contributed by atoms with van der Waals surface area (Å²) in [4.78, 5) is 10.6. The van der Waals surface area contributed by atoms with E-state index in [9.17, 15) is 4.79 Å². The van der Waals surface area contributed by atoms with Gasteiger partial charge in [0, 0.05) is 28.1 Å². The summed E-state index contributed by atoms with van der Waals surface area (Å²) in [7, 11) is 0. The predicted octanol–water partition coefficient (Wildman–Crippen LogP) is 3.24. The molecule has 0 fully saturated rings. The maximum Gasteiger partial charge on any atom is 0.328 e. The first-order chi connectivity index (χ1) is 8.65. The molecule has 0 saturated heterocycles. The Kier molecular flexibility index (Phi) is 4.19. The average Bonchev–Trinajstić information content (AvgIpc) is 2.68.